The van der Waals surface area contributed by atoms with Crippen molar-refractivity contribution in [2.24, 2.45) is 0 Å². The van der Waals surface area contributed by atoms with Gasteiger partial charge in [-0.05, 0) is 29.8 Å². The van der Waals surface area contributed by atoms with Crippen molar-refractivity contribution in [3.8, 4) is 17.4 Å². The highest BCUT2D eigenvalue weighted by Gasteiger charge is 2.08. The number of ether oxygens (including phenoxy) is 2. The molecule has 7 nitrogen and oxygen atoms in total. The van der Waals surface area contributed by atoms with E-state index in [0.717, 1.165) is 10.9 Å². The van der Waals surface area contributed by atoms with Crippen LogP contribution in [-0.4, -0.2) is 28.2 Å². The smallest absolute Gasteiger partial charge is 0.247 e. The number of aromatic nitrogens is 2. The number of methoxy groups -OCH3 is 1. The lowest BCUT2D eigenvalue weighted by molar-refractivity contribution is -0.128. The molecule has 24 heavy (non-hydrogen) atoms. The van der Waals surface area contributed by atoms with E-state index in [9.17, 15) is 4.79 Å². The van der Waals surface area contributed by atoms with Gasteiger partial charge in [-0.2, -0.15) is 4.98 Å². The molecule has 2 heterocycles. The summed E-state index contributed by atoms with van der Waals surface area (Å²) in [5.41, 5.74) is 2.85. The van der Waals surface area contributed by atoms with E-state index >= 15 is 0 Å². The molecule has 0 atom stereocenters. The topological polar surface area (TPSA) is 93.6 Å². The van der Waals surface area contributed by atoms with Gasteiger partial charge in [-0.1, -0.05) is 12.1 Å². The fourth-order valence-electron chi connectivity index (χ4n) is 2.26. The Balaban J connectivity index is 1.90. The molecule has 0 radical (unpaired) electrons. The monoisotopic (exact) mass is 325 g/mol. The van der Waals surface area contributed by atoms with Crippen molar-refractivity contribution < 1.29 is 19.5 Å². The van der Waals surface area contributed by atoms with Gasteiger partial charge in [0.05, 0.1) is 18.9 Å². The number of benzene rings is 1. The molecule has 3 aromatic rings. The number of amides is 1. The van der Waals surface area contributed by atoms with Crippen molar-refractivity contribution in [2.75, 3.05) is 7.11 Å². The van der Waals surface area contributed by atoms with Crippen LogP contribution in [-0.2, 0) is 11.2 Å². The fraction of sp³-hybridized carbons (Fsp3) is 0.118. The molecule has 0 aliphatic carbocycles. The van der Waals surface area contributed by atoms with Crippen LogP contribution in [0.15, 0.2) is 48.7 Å². The highest BCUT2D eigenvalue weighted by atomic mass is 16.5. The minimum atomic E-state index is -0.488. The van der Waals surface area contributed by atoms with E-state index in [1.807, 2.05) is 6.07 Å². The number of hydroxylamine groups is 1. The number of rotatable bonds is 5. The lowest BCUT2D eigenvalue weighted by atomic mass is 10.1. The second kappa shape index (κ2) is 6.93. The summed E-state index contributed by atoms with van der Waals surface area (Å²) < 4.78 is 11.0. The number of pyridine rings is 2. The molecule has 122 valence electrons. The summed E-state index contributed by atoms with van der Waals surface area (Å²) in [5.74, 6) is 1.16. The fourth-order valence-corrected chi connectivity index (χ4v) is 2.26. The van der Waals surface area contributed by atoms with Crippen LogP contribution < -0.4 is 15.0 Å². The van der Waals surface area contributed by atoms with Gasteiger partial charge in [0.2, 0.25) is 11.8 Å². The molecule has 0 aliphatic heterocycles. The molecule has 2 aromatic heterocycles. The molecule has 0 bridgehead atoms. The molecule has 0 aliphatic rings. The molecule has 7 heteroatoms. The Labute approximate surface area is 137 Å². The van der Waals surface area contributed by atoms with Gasteiger partial charge in [0.1, 0.15) is 11.5 Å². The standard InChI is InChI=1S/C17H15N3O4/c1-23-16-6-5-13-14(7-8-18-17(13)19-16)24-12-4-2-3-11(9-12)10-15(21)20-22/h2-9,22H,10H2,1H3,(H,20,21). The lowest BCUT2D eigenvalue weighted by Crippen LogP contribution is -2.20. The van der Waals surface area contributed by atoms with Crippen molar-refractivity contribution in [3.05, 3.63) is 54.2 Å². The zero-order chi connectivity index (χ0) is 16.9. The van der Waals surface area contributed by atoms with Gasteiger partial charge in [0.25, 0.3) is 0 Å². The van der Waals surface area contributed by atoms with Gasteiger partial charge in [0.15, 0.2) is 5.65 Å². The number of carbonyl (C=O) groups is 1. The second-order valence-corrected chi connectivity index (χ2v) is 5.00. The Morgan fingerprint density at radius 1 is 1.25 bits per heavy atom. The van der Waals surface area contributed by atoms with Gasteiger partial charge in [0, 0.05) is 12.3 Å². The van der Waals surface area contributed by atoms with Crippen LogP contribution in [0.3, 0.4) is 0 Å². The maximum Gasteiger partial charge on any atom is 0.247 e. The van der Waals surface area contributed by atoms with E-state index in [1.165, 1.54) is 0 Å². The summed E-state index contributed by atoms with van der Waals surface area (Å²) in [7, 11) is 1.54. The normalized spacial score (nSPS) is 10.4. The zero-order valence-corrected chi connectivity index (χ0v) is 12.9. The van der Waals surface area contributed by atoms with Gasteiger partial charge < -0.3 is 9.47 Å². The maximum absolute atomic E-state index is 11.3. The summed E-state index contributed by atoms with van der Waals surface area (Å²) in [6.07, 6.45) is 1.66. The van der Waals surface area contributed by atoms with E-state index in [1.54, 1.807) is 55.2 Å². The third-order valence-electron chi connectivity index (χ3n) is 3.36. The van der Waals surface area contributed by atoms with E-state index in [4.69, 9.17) is 14.7 Å². The predicted molar refractivity (Wildman–Crippen MR) is 86.2 cm³/mol. The van der Waals surface area contributed by atoms with Crippen LogP contribution in [0, 0.1) is 0 Å². The molecule has 0 saturated heterocycles. The van der Waals surface area contributed by atoms with Crippen molar-refractivity contribution in [2.45, 2.75) is 6.42 Å². The minimum Gasteiger partial charge on any atom is -0.481 e. The van der Waals surface area contributed by atoms with Crippen molar-refractivity contribution in [1.29, 1.82) is 0 Å². The van der Waals surface area contributed by atoms with E-state index in [-0.39, 0.29) is 6.42 Å². The lowest BCUT2D eigenvalue weighted by Gasteiger charge is -2.10. The van der Waals surface area contributed by atoms with Crippen LogP contribution in [0.4, 0.5) is 0 Å². The van der Waals surface area contributed by atoms with E-state index in [2.05, 4.69) is 9.97 Å². The summed E-state index contributed by atoms with van der Waals surface area (Å²) >= 11 is 0. The number of carbonyl (C=O) groups excluding carboxylic acids is 1. The van der Waals surface area contributed by atoms with Crippen molar-refractivity contribution in [3.63, 3.8) is 0 Å². The Morgan fingerprint density at radius 2 is 2.12 bits per heavy atom. The largest absolute Gasteiger partial charge is 0.481 e. The molecule has 1 aromatic carbocycles. The van der Waals surface area contributed by atoms with Gasteiger partial charge in [-0.25, -0.2) is 10.5 Å². The molecule has 3 rings (SSSR count). The number of nitrogens with zero attached hydrogens (tertiary/aromatic N) is 2. The van der Waals surface area contributed by atoms with E-state index < -0.39 is 5.91 Å². The molecule has 1 amide bonds. The molecule has 0 fully saturated rings. The zero-order valence-electron chi connectivity index (χ0n) is 12.9. The van der Waals surface area contributed by atoms with Gasteiger partial charge >= 0.3 is 0 Å². The molecule has 0 spiro atoms. The SMILES string of the molecule is COc1ccc2c(Oc3cccc(CC(=O)NO)c3)ccnc2n1. The molecular formula is C17H15N3O4. The van der Waals surface area contributed by atoms with Crippen LogP contribution in [0.2, 0.25) is 0 Å². The quantitative estimate of drug-likeness (QED) is 0.553. The number of hydrogen-bond donors (Lipinski definition) is 2. The van der Waals surface area contributed by atoms with E-state index in [0.29, 0.717) is 23.0 Å². The average molecular weight is 325 g/mol. The number of nitrogens with one attached hydrogen (secondary N) is 1. The first kappa shape index (κ1) is 15.7. The summed E-state index contributed by atoms with van der Waals surface area (Å²) in [6.45, 7) is 0. The van der Waals surface area contributed by atoms with Crippen LogP contribution in [0.25, 0.3) is 11.0 Å². The second-order valence-electron chi connectivity index (χ2n) is 5.00. The van der Waals surface area contributed by atoms with Gasteiger partial charge in [-0.15, -0.1) is 0 Å². The van der Waals surface area contributed by atoms with Crippen molar-refractivity contribution >= 4 is 16.9 Å². The Bertz CT molecular complexity index is 883. The first-order valence-electron chi connectivity index (χ1n) is 7.19. The molecule has 0 saturated carbocycles. The highest BCUT2D eigenvalue weighted by Crippen LogP contribution is 2.29. The highest BCUT2D eigenvalue weighted by molar-refractivity contribution is 5.82. The summed E-state index contributed by atoms with van der Waals surface area (Å²) in [5, 5.41) is 9.35. The molecule has 0 unspecified atom stereocenters. The summed E-state index contributed by atoms with van der Waals surface area (Å²) in [6, 6.07) is 12.4. The third kappa shape index (κ3) is 3.41. The van der Waals surface area contributed by atoms with Crippen LogP contribution in [0.1, 0.15) is 5.56 Å². The first-order chi connectivity index (χ1) is 11.7. The minimum absolute atomic E-state index is 0.0591. The van der Waals surface area contributed by atoms with Crippen LogP contribution in [0.5, 0.6) is 17.4 Å². The average Bonchev–Trinajstić information content (AvgIpc) is 2.61. The molecule has 2 N–H and O–H groups in total. The maximum atomic E-state index is 11.3. The van der Waals surface area contributed by atoms with Crippen LogP contribution >= 0.6 is 0 Å². The third-order valence-corrected chi connectivity index (χ3v) is 3.36. The summed E-state index contributed by atoms with van der Waals surface area (Å²) in [4.78, 5) is 19.7. The Kier molecular flexibility index (Phi) is 4.53. The Hall–Kier alpha value is -3.19. The number of hydrogen-bond acceptors (Lipinski definition) is 6. The molecular weight excluding hydrogens is 310 g/mol. The number of fused-ring (bicyclic) bond motifs is 1. The van der Waals surface area contributed by atoms with Gasteiger partial charge in [-0.3, -0.25) is 10.0 Å². The Morgan fingerprint density at radius 3 is 2.92 bits per heavy atom. The van der Waals surface area contributed by atoms with Crippen molar-refractivity contribution in [1.82, 2.24) is 15.4 Å². The first-order valence-corrected chi connectivity index (χ1v) is 7.19. The predicted octanol–water partition coefficient (Wildman–Crippen LogP) is 2.48.